The average molecular weight is 1620 g/mol. The predicted molar refractivity (Wildman–Crippen MR) is 486 cm³/mol. The Hall–Kier alpha value is -6.90. The molecule has 10 heterocycles. The Balaban J connectivity index is 0.926. The molecule has 0 bridgehead atoms. The van der Waals surface area contributed by atoms with E-state index < -0.39 is 0 Å². The van der Waals surface area contributed by atoms with Crippen LogP contribution in [0.4, 0.5) is 0 Å². The highest BCUT2D eigenvalue weighted by Crippen LogP contribution is 2.52. The summed E-state index contributed by atoms with van der Waals surface area (Å²) in [5, 5.41) is 2.18. The molecule has 4 amide bonds. The first-order valence-corrected chi connectivity index (χ1v) is 49.1. The van der Waals surface area contributed by atoms with Crippen LogP contribution in [0.25, 0.3) is 64.2 Å². The zero-order valence-corrected chi connectivity index (χ0v) is 74.7. The summed E-state index contributed by atoms with van der Waals surface area (Å²) in [6.07, 6.45) is 59.5. The van der Waals surface area contributed by atoms with Crippen LogP contribution in [0.15, 0.2) is 125 Å². The zero-order chi connectivity index (χ0) is 81.4. The highest BCUT2D eigenvalue weighted by atomic mass is 32.1. The van der Waals surface area contributed by atoms with Gasteiger partial charge in [0.05, 0.1) is 44.6 Å². The van der Waals surface area contributed by atoms with Gasteiger partial charge in [0.1, 0.15) is 34.3 Å². The fourth-order valence-corrected chi connectivity index (χ4v) is 21.1. The molecule has 0 saturated heterocycles. The van der Waals surface area contributed by atoms with E-state index >= 15 is 19.2 Å². The maximum Gasteiger partial charge on any atom is 0.261 e. The van der Waals surface area contributed by atoms with Crippen LogP contribution < -0.4 is 0 Å². The quantitative estimate of drug-likeness (QED) is 0.0344. The van der Waals surface area contributed by atoms with Crippen molar-refractivity contribution in [1.82, 2.24) is 19.6 Å². The van der Waals surface area contributed by atoms with E-state index in [1.54, 1.807) is 35.2 Å². The van der Waals surface area contributed by atoms with Gasteiger partial charge in [-0.1, -0.05) is 312 Å². The van der Waals surface area contributed by atoms with E-state index in [1.807, 2.05) is 68.1 Å². The summed E-state index contributed by atoms with van der Waals surface area (Å²) in [5.74, 6) is 4.17. The second-order valence-corrected chi connectivity index (χ2v) is 37.2. The summed E-state index contributed by atoms with van der Waals surface area (Å²) >= 11 is 3.37. The first-order chi connectivity index (χ1) is 57.0. The number of hydrogen-bond acceptors (Lipinski definition) is 10. The maximum absolute atomic E-state index is 15.9. The molecule has 12 nitrogen and oxygen atoms in total. The lowest BCUT2D eigenvalue weighted by molar-refractivity contribution is -0.124. The minimum Gasteiger partial charge on any atom is -0.463 e. The second-order valence-electron chi connectivity index (χ2n) is 35.1. The Labute approximate surface area is 706 Å². The third-order valence-electron chi connectivity index (χ3n) is 25.7. The molecule has 4 unspecified atom stereocenters. The number of amides is 4. The van der Waals surface area contributed by atoms with Gasteiger partial charge in [0, 0.05) is 35.6 Å². The lowest BCUT2D eigenvalue weighted by Gasteiger charge is -2.29. The topological polar surface area (TPSA) is 134 Å². The molecule has 0 N–H and O–H groups in total. The molecule has 0 radical (unpaired) electrons. The minimum atomic E-state index is -0.129. The largest absolute Gasteiger partial charge is 0.463 e. The number of fused-ring (bicyclic) bond motifs is 4. The van der Waals surface area contributed by atoms with Gasteiger partial charge in [-0.25, -0.2) is 0 Å². The van der Waals surface area contributed by atoms with Gasteiger partial charge in [0.15, 0.2) is 23.0 Å². The van der Waals surface area contributed by atoms with Crippen molar-refractivity contribution in [2.45, 2.75) is 364 Å². The molecule has 0 fully saturated rings. The highest BCUT2D eigenvalue weighted by molar-refractivity contribution is 7.23. The highest BCUT2D eigenvalue weighted by Gasteiger charge is 2.53. The normalized spacial score (nSPS) is 15.7. The van der Waals surface area contributed by atoms with Crippen LogP contribution in [0.5, 0.6) is 0 Å². The monoisotopic (exact) mass is 1620 g/mol. The van der Waals surface area contributed by atoms with Crippen molar-refractivity contribution < 1.29 is 36.8 Å². The summed E-state index contributed by atoms with van der Waals surface area (Å²) in [6.45, 7) is 20.3. The predicted octanol–water partition coefficient (Wildman–Crippen LogP) is 30.8. The minimum absolute atomic E-state index is 0.129. The van der Waals surface area contributed by atoms with Crippen molar-refractivity contribution in [2.24, 2.45) is 23.7 Å². The van der Waals surface area contributed by atoms with Crippen molar-refractivity contribution in [2.75, 3.05) is 26.2 Å². The summed E-state index contributed by atoms with van der Waals surface area (Å²) in [5.41, 5.74) is 4.21. The van der Waals surface area contributed by atoms with Gasteiger partial charge in [0.2, 0.25) is 0 Å². The molecule has 1 aromatic carbocycles. The molecule has 14 heteroatoms. The summed E-state index contributed by atoms with van der Waals surface area (Å²) in [7, 11) is 0. The number of thiophene rings is 2. The summed E-state index contributed by atoms with van der Waals surface area (Å²) in [4.78, 5) is 73.4. The van der Waals surface area contributed by atoms with Crippen molar-refractivity contribution in [3.05, 3.63) is 131 Å². The molecule has 4 aliphatic heterocycles. The van der Waals surface area contributed by atoms with Gasteiger partial charge >= 0.3 is 0 Å². The van der Waals surface area contributed by atoms with Crippen LogP contribution in [0.3, 0.4) is 0 Å². The first-order valence-electron chi connectivity index (χ1n) is 47.5. The van der Waals surface area contributed by atoms with E-state index in [-0.39, 0.29) is 47.3 Å². The Bertz CT molecular complexity index is 3960. The van der Waals surface area contributed by atoms with Crippen LogP contribution in [0, 0.1) is 23.7 Å². The number of hydrogen-bond donors (Lipinski definition) is 0. The van der Waals surface area contributed by atoms with E-state index in [2.05, 4.69) is 79.7 Å². The molecule has 6 aromatic heterocycles. The van der Waals surface area contributed by atoms with Crippen molar-refractivity contribution in [1.29, 1.82) is 0 Å². The van der Waals surface area contributed by atoms with Crippen LogP contribution >= 0.6 is 22.7 Å². The Morgan fingerprint density at radius 1 is 0.267 bits per heavy atom. The lowest BCUT2D eigenvalue weighted by atomic mass is 9.93. The Kier molecular flexibility index (Phi) is 37.0. The molecule has 0 spiro atoms. The molecule has 7 aromatic rings. The molecule has 0 aliphatic carbocycles. The first kappa shape index (κ1) is 89.9. The fourth-order valence-electron chi connectivity index (χ4n) is 19.0. The fraction of sp³-hybridized carbons (Fsp3) is 0.627. The average Bonchev–Trinajstić information content (AvgIpc) is 1.56. The SMILES string of the molecule is CCCCCCCCC(CCCCCC)CN1C(=O)C2=C(c3ccc(-c4cc5cc6sc(-c7ccc(C8=C9C(=O)N(CC(CCCCCC)CCCCCCCC)C(c%10ccco%10)=C9C(=O)N8CC(CCCCCC)CCCCCCCC)o7)cc6cc5s4)o3)N(CC(CCCCCC)CCCCCCCC)C(=O)C2=C1c1ccco1. The number of unbranched alkanes of at least 4 members (excludes halogenated alkanes) is 32. The van der Waals surface area contributed by atoms with E-state index in [4.69, 9.17) is 17.7 Å². The molecular weight excluding hydrogens is 1470 g/mol. The molecule has 11 rings (SSSR count). The van der Waals surface area contributed by atoms with E-state index in [9.17, 15) is 0 Å². The van der Waals surface area contributed by atoms with Crippen LogP contribution in [0.2, 0.25) is 0 Å². The van der Waals surface area contributed by atoms with E-state index in [0.29, 0.717) is 106 Å². The third-order valence-corrected chi connectivity index (χ3v) is 27.9. The Morgan fingerprint density at radius 2 is 0.491 bits per heavy atom. The number of benzene rings is 1. The number of furan rings is 4. The van der Waals surface area contributed by atoms with Crippen molar-refractivity contribution in [3.63, 3.8) is 0 Å². The van der Waals surface area contributed by atoms with Gasteiger partial charge in [-0.3, -0.25) is 19.2 Å². The van der Waals surface area contributed by atoms with Crippen molar-refractivity contribution in [3.8, 4) is 21.3 Å². The number of carbonyl (C=O) groups is 4. The number of rotatable bonds is 62. The molecule has 4 atom stereocenters. The maximum atomic E-state index is 15.9. The number of nitrogens with zero attached hydrogens (tertiary/aromatic N) is 4. The van der Waals surface area contributed by atoms with Gasteiger partial charge in [-0.15, -0.1) is 22.7 Å². The lowest BCUT2D eigenvalue weighted by Crippen LogP contribution is -2.34. The smallest absolute Gasteiger partial charge is 0.261 e. The van der Waals surface area contributed by atoms with E-state index in [1.165, 1.54) is 205 Å². The summed E-state index contributed by atoms with van der Waals surface area (Å²) in [6, 6.07) is 24.7. The zero-order valence-electron chi connectivity index (χ0n) is 73.0. The second kappa shape index (κ2) is 47.8. The number of carbonyl (C=O) groups excluding carboxylic acids is 4. The van der Waals surface area contributed by atoms with Crippen LogP contribution in [-0.4, -0.2) is 69.4 Å². The third kappa shape index (κ3) is 23.8. The van der Waals surface area contributed by atoms with E-state index in [0.717, 1.165) is 133 Å². The summed E-state index contributed by atoms with van der Waals surface area (Å²) < 4.78 is 29.1. The molecule has 634 valence electrons. The molecule has 0 saturated carbocycles. The molecule has 116 heavy (non-hydrogen) atoms. The van der Waals surface area contributed by atoms with Crippen molar-refractivity contribution >= 4 is 89.3 Å². The van der Waals surface area contributed by atoms with Gasteiger partial charge in [-0.2, -0.15) is 0 Å². The molecular formula is C102H146N4O8S2. The van der Waals surface area contributed by atoms with Crippen LogP contribution in [-0.2, 0) is 19.2 Å². The molecule has 4 aliphatic rings. The Morgan fingerprint density at radius 3 is 0.733 bits per heavy atom. The van der Waals surface area contributed by atoms with Gasteiger partial charge in [0.25, 0.3) is 23.6 Å². The van der Waals surface area contributed by atoms with Crippen LogP contribution in [0.1, 0.15) is 387 Å². The standard InChI is InChI=1S/C102H146N4O8S2/c1-9-17-25-33-37-45-55-75(51-41-29-21-13-5)71-103-95(83-59-49-65-111-83)91-93(101(103)109)97(105(99(91)107)73-77(53-43-31-23-15-7)57-47-39-35-27-19-11-3)85-63-61-81(113-85)89-69-79-67-88-80(68-87(79)115-89)70-90(116-88)82-62-64-86(114-82)98-94-92(100(108)106(98)74-78(54-44-32-24-16-8)58-48-40-36-28-20-12-4)96(84-60-50-66-112-84)104(102(94)110)72-76(52-42-30-22-14-6)56-46-38-34-26-18-10-2/h49-50,59-70,75-78H,9-48,51-58,71-74H2,1-8H3. The van der Waals surface area contributed by atoms with Gasteiger partial charge in [-0.05, 0) is 159 Å². The van der Waals surface area contributed by atoms with Gasteiger partial charge < -0.3 is 37.3 Å².